The van der Waals surface area contributed by atoms with Crippen LogP contribution in [0.25, 0.3) is 6.08 Å². The molecule has 118 valence electrons. The van der Waals surface area contributed by atoms with Crippen LogP contribution in [0, 0.1) is 17.8 Å². The maximum Gasteiger partial charge on any atom is -0.00913 e. The molecule has 1 aliphatic rings. The number of hydrogen-bond acceptors (Lipinski definition) is 0. The van der Waals surface area contributed by atoms with Crippen LogP contribution in [-0.4, -0.2) is 0 Å². The summed E-state index contributed by atoms with van der Waals surface area (Å²) in [6.07, 6.45) is 8.17. The van der Waals surface area contributed by atoms with E-state index in [1.807, 2.05) is 0 Å². The quantitative estimate of drug-likeness (QED) is 0.539. The van der Waals surface area contributed by atoms with Crippen LogP contribution >= 0.6 is 0 Å². The van der Waals surface area contributed by atoms with E-state index in [0.29, 0.717) is 0 Å². The lowest BCUT2D eigenvalue weighted by Crippen LogP contribution is -2.18. The number of benzene rings is 1. The highest BCUT2D eigenvalue weighted by Crippen LogP contribution is 2.41. The van der Waals surface area contributed by atoms with E-state index in [1.165, 1.54) is 27.8 Å². The molecule has 0 nitrogen and oxygen atoms in total. The Labute approximate surface area is 136 Å². The summed E-state index contributed by atoms with van der Waals surface area (Å²) in [6.45, 7) is 16.0. The molecular weight excluding hydrogens is 264 g/mol. The molecule has 1 aliphatic carbocycles. The Kier molecular flexibility index (Phi) is 4.52. The van der Waals surface area contributed by atoms with Gasteiger partial charge in [-0.05, 0) is 41.4 Å². The molecule has 0 spiro atoms. The van der Waals surface area contributed by atoms with E-state index < -0.39 is 0 Å². The lowest BCUT2D eigenvalue weighted by molar-refractivity contribution is 0.447. The molecule has 0 radical (unpaired) electrons. The van der Waals surface area contributed by atoms with E-state index in [2.05, 4.69) is 91.0 Å². The normalized spacial score (nSPS) is 16.2. The molecule has 0 saturated carbocycles. The van der Waals surface area contributed by atoms with Crippen LogP contribution in [0.4, 0.5) is 0 Å². The summed E-state index contributed by atoms with van der Waals surface area (Å²) in [5.41, 5.74) is 7.40. The van der Waals surface area contributed by atoms with Gasteiger partial charge in [-0.2, -0.15) is 0 Å². The van der Waals surface area contributed by atoms with Crippen molar-refractivity contribution < 1.29 is 0 Å². The van der Waals surface area contributed by atoms with Crippen molar-refractivity contribution in [3.8, 4) is 0 Å². The highest BCUT2D eigenvalue weighted by molar-refractivity contribution is 5.62. The fraction of sp³-hybridized carbons (Fsp3) is 0.455. The van der Waals surface area contributed by atoms with Gasteiger partial charge in [0, 0.05) is 0 Å². The molecule has 0 atom stereocenters. The van der Waals surface area contributed by atoms with Crippen molar-refractivity contribution in [3.63, 3.8) is 0 Å². The highest BCUT2D eigenvalue weighted by atomic mass is 14.3. The van der Waals surface area contributed by atoms with Gasteiger partial charge in [0.25, 0.3) is 0 Å². The summed E-state index contributed by atoms with van der Waals surface area (Å²) in [6, 6.07) is 8.76. The molecule has 0 N–H and O–H groups in total. The van der Waals surface area contributed by atoms with Crippen molar-refractivity contribution in [2.75, 3.05) is 0 Å². The zero-order valence-electron chi connectivity index (χ0n) is 15.2. The number of aryl methyl sites for hydroxylation is 1. The van der Waals surface area contributed by atoms with Gasteiger partial charge in [0.15, 0.2) is 0 Å². The van der Waals surface area contributed by atoms with E-state index in [1.54, 1.807) is 0 Å². The van der Waals surface area contributed by atoms with E-state index in [9.17, 15) is 0 Å². The minimum absolute atomic E-state index is 0.219. The maximum absolute atomic E-state index is 2.38. The molecule has 1 aromatic carbocycles. The third kappa shape index (κ3) is 4.22. The molecule has 0 aromatic heterocycles. The Bertz CT molecular complexity index is 588. The predicted octanol–water partition coefficient (Wildman–Crippen LogP) is 6.73. The summed E-state index contributed by atoms with van der Waals surface area (Å²) in [5.74, 6) is 0. The lowest BCUT2D eigenvalue weighted by Gasteiger charge is -2.33. The standard InChI is InChI=1S/C22H30/c1-16-8-10-17(11-9-16)12-18-13-19(21(2,3)4)15-20(14-18)22(5,6)7/h8-14H,15H2,1-7H3. The fourth-order valence-corrected chi connectivity index (χ4v) is 2.65. The van der Waals surface area contributed by atoms with Crippen molar-refractivity contribution in [1.29, 1.82) is 0 Å². The van der Waals surface area contributed by atoms with Gasteiger partial charge in [-0.3, -0.25) is 0 Å². The zero-order valence-corrected chi connectivity index (χ0v) is 15.2. The van der Waals surface area contributed by atoms with E-state index in [4.69, 9.17) is 0 Å². The van der Waals surface area contributed by atoms with Crippen LogP contribution in [0.2, 0.25) is 0 Å². The minimum atomic E-state index is 0.219. The Balaban J connectivity index is 2.45. The second kappa shape index (κ2) is 5.91. The van der Waals surface area contributed by atoms with Gasteiger partial charge in [-0.1, -0.05) is 94.7 Å². The van der Waals surface area contributed by atoms with Crippen molar-refractivity contribution in [2.24, 2.45) is 10.8 Å². The van der Waals surface area contributed by atoms with E-state index in [-0.39, 0.29) is 10.8 Å². The van der Waals surface area contributed by atoms with E-state index >= 15 is 0 Å². The lowest BCUT2D eigenvalue weighted by atomic mass is 9.72. The van der Waals surface area contributed by atoms with E-state index in [0.717, 1.165) is 6.42 Å². The first-order valence-corrected chi connectivity index (χ1v) is 8.26. The average molecular weight is 294 g/mol. The molecule has 0 aliphatic heterocycles. The topological polar surface area (TPSA) is 0 Å². The summed E-state index contributed by atoms with van der Waals surface area (Å²) in [5, 5.41) is 0. The first-order chi connectivity index (χ1) is 10.1. The molecule has 2 rings (SSSR count). The van der Waals surface area contributed by atoms with Crippen LogP contribution in [0.15, 0.2) is 53.1 Å². The number of allylic oxidation sites excluding steroid dienone is 5. The molecule has 0 unspecified atom stereocenters. The van der Waals surface area contributed by atoms with Crippen molar-refractivity contribution in [1.82, 2.24) is 0 Å². The highest BCUT2D eigenvalue weighted by Gasteiger charge is 2.26. The number of hydrogen-bond donors (Lipinski definition) is 0. The van der Waals surface area contributed by atoms with Crippen LogP contribution in [0.3, 0.4) is 0 Å². The maximum atomic E-state index is 2.38. The second-order valence-electron chi connectivity index (χ2n) is 8.57. The SMILES string of the molecule is Cc1ccc(C=C2C=C(C(C)(C)C)CC(C(C)(C)C)=C2)cc1. The third-order valence-corrected chi connectivity index (χ3v) is 4.40. The van der Waals surface area contributed by atoms with Gasteiger partial charge in [0.2, 0.25) is 0 Å². The molecule has 0 saturated heterocycles. The Morgan fingerprint density at radius 1 is 0.773 bits per heavy atom. The van der Waals surface area contributed by atoms with Gasteiger partial charge >= 0.3 is 0 Å². The zero-order chi connectivity index (χ0) is 16.5. The first-order valence-electron chi connectivity index (χ1n) is 8.26. The molecular formula is C22H30. The van der Waals surface area contributed by atoms with Crippen molar-refractivity contribution >= 4 is 6.08 Å². The second-order valence-corrected chi connectivity index (χ2v) is 8.57. The third-order valence-electron chi connectivity index (χ3n) is 4.40. The molecule has 0 heterocycles. The largest absolute Gasteiger partial charge is 0.0602 e. The summed E-state index contributed by atoms with van der Waals surface area (Å²) < 4.78 is 0. The number of rotatable bonds is 1. The van der Waals surface area contributed by atoms with Crippen LogP contribution < -0.4 is 0 Å². The fourth-order valence-electron chi connectivity index (χ4n) is 2.65. The molecule has 1 aromatic rings. The molecule has 0 fully saturated rings. The van der Waals surface area contributed by atoms with Gasteiger partial charge in [0.05, 0.1) is 0 Å². The van der Waals surface area contributed by atoms with Crippen LogP contribution in [0.1, 0.15) is 59.1 Å². The van der Waals surface area contributed by atoms with Gasteiger partial charge in [-0.25, -0.2) is 0 Å². The monoisotopic (exact) mass is 294 g/mol. The smallest absolute Gasteiger partial charge is 0.00913 e. The molecule has 0 amide bonds. The van der Waals surface area contributed by atoms with Gasteiger partial charge in [0.1, 0.15) is 0 Å². The summed E-state index contributed by atoms with van der Waals surface area (Å²) in [7, 11) is 0. The Hall–Kier alpha value is -1.56. The first kappa shape index (κ1) is 16.8. The molecule has 22 heavy (non-hydrogen) atoms. The van der Waals surface area contributed by atoms with Gasteiger partial charge < -0.3 is 0 Å². The van der Waals surface area contributed by atoms with Crippen LogP contribution in [0.5, 0.6) is 0 Å². The van der Waals surface area contributed by atoms with Crippen molar-refractivity contribution in [3.05, 3.63) is 64.3 Å². The predicted molar refractivity (Wildman–Crippen MR) is 98.8 cm³/mol. The molecule has 0 bridgehead atoms. The van der Waals surface area contributed by atoms with Crippen molar-refractivity contribution in [2.45, 2.75) is 54.9 Å². The average Bonchev–Trinajstić information content (AvgIpc) is 2.39. The minimum Gasteiger partial charge on any atom is -0.0602 e. The molecule has 0 heteroatoms. The van der Waals surface area contributed by atoms with Crippen LogP contribution in [-0.2, 0) is 0 Å². The van der Waals surface area contributed by atoms with Gasteiger partial charge in [-0.15, -0.1) is 0 Å². The summed E-state index contributed by atoms with van der Waals surface area (Å²) >= 11 is 0. The Morgan fingerprint density at radius 3 is 1.64 bits per heavy atom. The summed E-state index contributed by atoms with van der Waals surface area (Å²) in [4.78, 5) is 0. The Morgan fingerprint density at radius 2 is 1.23 bits per heavy atom.